The van der Waals surface area contributed by atoms with Gasteiger partial charge in [-0.15, -0.1) is 0 Å². The van der Waals surface area contributed by atoms with Crippen LogP contribution in [0.15, 0.2) is 12.2 Å². The van der Waals surface area contributed by atoms with Crippen molar-refractivity contribution in [2.75, 3.05) is 7.05 Å². The maximum Gasteiger partial charge on any atom is 0.246 e. The fraction of sp³-hybridized carbons (Fsp3) is 0.864. The van der Waals surface area contributed by atoms with Gasteiger partial charge in [0.1, 0.15) is 0 Å². The molecule has 24 heavy (non-hydrogen) atoms. The molecular formula is C22H37NO. The van der Waals surface area contributed by atoms with E-state index in [9.17, 15) is 4.79 Å². The Labute approximate surface area is 149 Å². The lowest BCUT2D eigenvalue weighted by molar-refractivity contribution is -0.138. The molecule has 0 bridgehead atoms. The Morgan fingerprint density at radius 1 is 1.04 bits per heavy atom. The molecule has 3 fully saturated rings. The van der Waals surface area contributed by atoms with Gasteiger partial charge in [0.25, 0.3) is 0 Å². The van der Waals surface area contributed by atoms with Gasteiger partial charge in [-0.3, -0.25) is 4.79 Å². The zero-order valence-corrected chi connectivity index (χ0v) is 16.6. The number of amides is 1. The van der Waals surface area contributed by atoms with Crippen LogP contribution in [0.3, 0.4) is 0 Å². The Morgan fingerprint density at radius 3 is 2.46 bits per heavy atom. The number of rotatable bonds is 0. The molecule has 0 saturated heterocycles. The SMILES string of the molecule is CC.CC1CCC2C3CCC4N(C)C(=O)C=CC4(C)C3CCC12C. The summed E-state index contributed by atoms with van der Waals surface area (Å²) in [5.41, 5.74) is 0.795. The summed E-state index contributed by atoms with van der Waals surface area (Å²) < 4.78 is 0. The van der Waals surface area contributed by atoms with Crippen LogP contribution in [0.2, 0.25) is 0 Å². The van der Waals surface area contributed by atoms with Crippen LogP contribution in [0, 0.1) is 34.5 Å². The minimum Gasteiger partial charge on any atom is -0.338 e. The van der Waals surface area contributed by atoms with Gasteiger partial charge < -0.3 is 4.90 Å². The molecule has 2 heteroatoms. The molecule has 7 unspecified atom stereocenters. The molecular weight excluding hydrogens is 294 g/mol. The van der Waals surface area contributed by atoms with Gasteiger partial charge in [0.15, 0.2) is 0 Å². The third-order valence-corrected chi connectivity index (χ3v) is 8.60. The summed E-state index contributed by atoms with van der Waals surface area (Å²) in [7, 11) is 2.01. The van der Waals surface area contributed by atoms with Crippen LogP contribution >= 0.6 is 0 Å². The lowest BCUT2D eigenvalue weighted by atomic mass is 9.48. The number of fused-ring (bicyclic) bond motifs is 5. The maximum absolute atomic E-state index is 12.1. The summed E-state index contributed by atoms with van der Waals surface area (Å²) in [5, 5.41) is 0. The van der Waals surface area contributed by atoms with E-state index in [-0.39, 0.29) is 11.3 Å². The highest BCUT2D eigenvalue weighted by atomic mass is 16.2. The molecule has 0 aromatic carbocycles. The van der Waals surface area contributed by atoms with Crippen molar-refractivity contribution in [1.29, 1.82) is 0 Å². The Kier molecular flexibility index (Phi) is 4.64. The normalized spacial score (nSPS) is 49.7. The molecule has 3 aliphatic carbocycles. The first kappa shape index (κ1) is 18.0. The van der Waals surface area contributed by atoms with E-state index in [4.69, 9.17) is 0 Å². The van der Waals surface area contributed by atoms with Crippen LogP contribution in [0.25, 0.3) is 0 Å². The molecule has 0 aromatic rings. The van der Waals surface area contributed by atoms with Gasteiger partial charge in [0.05, 0.1) is 0 Å². The van der Waals surface area contributed by atoms with E-state index in [1.165, 1.54) is 38.5 Å². The number of nitrogens with zero attached hydrogens (tertiary/aromatic N) is 1. The predicted octanol–water partition coefficient (Wildman–Crippen LogP) is 5.29. The molecule has 0 aromatic heterocycles. The highest BCUT2D eigenvalue weighted by Crippen LogP contribution is 2.65. The largest absolute Gasteiger partial charge is 0.338 e. The quantitative estimate of drug-likeness (QED) is 0.591. The molecule has 4 rings (SSSR count). The van der Waals surface area contributed by atoms with E-state index >= 15 is 0 Å². The Bertz CT molecular complexity index is 526. The summed E-state index contributed by atoms with van der Waals surface area (Å²) >= 11 is 0. The molecule has 1 amide bonds. The van der Waals surface area contributed by atoms with E-state index in [2.05, 4.69) is 26.8 Å². The monoisotopic (exact) mass is 331 g/mol. The fourth-order valence-corrected chi connectivity index (χ4v) is 7.00. The number of carbonyl (C=O) groups excluding carboxylic acids is 1. The molecule has 7 atom stereocenters. The Morgan fingerprint density at radius 2 is 1.75 bits per heavy atom. The highest BCUT2D eigenvalue weighted by molar-refractivity contribution is 5.89. The second-order valence-corrected chi connectivity index (χ2v) is 9.14. The van der Waals surface area contributed by atoms with Crippen molar-refractivity contribution in [2.45, 2.75) is 79.2 Å². The number of hydrogen-bond donors (Lipinski definition) is 0. The number of likely N-dealkylation sites (N-methyl/N-ethyl adjacent to an activating group) is 1. The fourth-order valence-electron chi connectivity index (χ4n) is 7.00. The van der Waals surface area contributed by atoms with Gasteiger partial charge in [0.2, 0.25) is 5.91 Å². The third-order valence-electron chi connectivity index (χ3n) is 8.60. The zero-order valence-electron chi connectivity index (χ0n) is 16.6. The molecule has 136 valence electrons. The molecule has 1 heterocycles. The molecule has 3 saturated carbocycles. The predicted molar refractivity (Wildman–Crippen MR) is 101 cm³/mol. The van der Waals surface area contributed by atoms with Gasteiger partial charge in [0, 0.05) is 18.5 Å². The van der Waals surface area contributed by atoms with E-state index in [0.29, 0.717) is 11.5 Å². The first-order chi connectivity index (χ1) is 11.4. The average Bonchev–Trinajstić information content (AvgIpc) is 2.89. The van der Waals surface area contributed by atoms with Crippen molar-refractivity contribution in [3.05, 3.63) is 12.2 Å². The van der Waals surface area contributed by atoms with Crippen molar-refractivity contribution in [1.82, 2.24) is 4.90 Å². The standard InChI is InChI=1S/C20H31NO.C2H6/c1-13-5-7-15-14-6-8-17-20(3,12-10-18(22)21(17)4)16(14)9-11-19(13,15)2;1-2/h10,12-17H,5-9,11H2,1-4H3;1-2H3. The van der Waals surface area contributed by atoms with Crippen LogP contribution in [-0.4, -0.2) is 23.9 Å². The van der Waals surface area contributed by atoms with Crippen molar-refractivity contribution in [3.63, 3.8) is 0 Å². The van der Waals surface area contributed by atoms with Gasteiger partial charge in [-0.05, 0) is 73.7 Å². The van der Waals surface area contributed by atoms with Gasteiger partial charge in [-0.25, -0.2) is 0 Å². The first-order valence-corrected chi connectivity index (χ1v) is 10.3. The minimum absolute atomic E-state index is 0.205. The first-order valence-electron chi connectivity index (χ1n) is 10.3. The Hall–Kier alpha value is -0.790. The molecule has 1 aliphatic heterocycles. The van der Waals surface area contributed by atoms with Gasteiger partial charge in [-0.2, -0.15) is 0 Å². The van der Waals surface area contributed by atoms with Gasteiger partial charge >= 0.3 is 0 Å². The average molecular weight is 332 g/mol. The van der Waals surface area contributed by atoms with Crippen LogP contribution in [0.4, 0.5) is 0 Å². The van der Waals surface area contributed by atoms with Crippen LogP contribution in [0.5, 0.6) is 0 Å². The van der Waals surface area contributed by atoms with Crippen LogP contribution in [-0.2, 0) is 4.79 Å². The molecule has 2 nitrogen and oxygen atoms in total. The van der Waals surface area contributed by atoms with Crippen molar-refractivity contribution in [2.24, 2.45) is 34.5 Å². The second-order valence-electron chi connectivity index (χ2n) is 9.14. The van der Waals surface area contributed by atoms with Crippen molar-refractivity contribution in [3.8, 4) is 0 Å². The summed E-state index contributed by atoms with van der Waals surface area (Å²) in [6.07, 6.45) is 12.3. The van der Waals surface area contributed by atoms with Crippen LogP contribution in [0.1, 0.15) is 73.1 Å². The minimum atomic E-state index is 0.205. The van der Waals surface area contributed by atoms with Gasteiger partial charge in [-0.1, -0.05) is 40.7 Å². The zero-order chi connectivity index (χ0) is 17.7. The summed E-state index contributed by atoms with van der Waals surface area (Å²) in [5.74, 6) is 3.69. The van der Waals surface area contributed by atoms with E-state index < -0.39 is 0 Å². The molecule has 0 N–H and O–H groups in total. The molecule has 0 spiro atoms. The van der Waals surface area contributed by atoms with E-state index in [0.717, 1.165) is 23.7 Å². The second kappa shape index (κ2) is 6.18. The Balaban J connectivity index is 0.000000815. The lowest BCUT2D eigenvalue weighted by Gasteiger charge is -2.60. The highest BCUT2D eigenvalue weighted by Gasteiger charge is 2.59. The summed E-state index contributed by atoms with van der Waals surface area (Å²) in [4.78, 5) is 14.1. The topological polar surface area (TPSA) is 20.3 Å². The number of hydrogen-bond acceptors (Lipinski definition) is 1. The third kappa shape index (κ3) is 2.31. The van der Waals surface area contributed by atoms with E-state index in [1.54, 1.807) is 0 Å². The van der Waals surface area contributed by atoms with Crippen LogP contribution < -0.4 is 0 Å². The smallest absolute Gasteiger partial charge is 0.246 e. The number of carbonyl (C=O) groups is 1. The lowest BCUT2D eigenvalue weighted by Crippen LogP contribution is -2.59. The van der Waals surface area contributed by atoms with E-state index in [1.807, 2.05) is 31.9 Å². The maximum atomic E-state index is 12.1. The molecule has 4 aliphatic rings. The summed E-state index contributed by atoms with van der Waals surface area (Å²) in [6.45, 7) is 11.5. The summed E-state index contributed by atoms with van der Waals surface area (Å²) in [6, 6.07) is 0.425. The van der Waals surface area contributed by atoms with Crippen molar-refractivity contribution >= 4 is 5.91 Å². The van der Waals surface area contributed by atoms with Crippen molar-refractivity contribution < 1.29 is 4.79 Å². The molecule has 0 radical (unpaired) electrons.